The van der Waals surface area contributed by atoms with E-state index in [4.69, 9.17) is 18.6 Å². The lowest BCUT2D eigenvalue weighted by molar-refractivity contribution is 0.112. The molecule has 0 atom stereocenters. The second-order valence-electron chi connectivity index (χ2n) is 9.01. The van der Waals surface area contributed by atoms with E-state index in [1.165, 1.54) is 19.3 Å². The zero-order chi connectivity index (χ0) is 24.9. The van der Waals surface area contributed by atoms with Gasteiger partial charge in [-0.3, -0.25) is 9.69 Å². The third-order valence-electron chi connectivity index (χ3n) is 6.80. The number of carbonyl (C=O) groups is 1. The highest BCUT2D eigenvalue weighted by atomic mass is 16.5. The highest BCUT2D eigenvalue weighted by Crippen LogP contribution is 2.44. The first kappa shape index (κ1) is 23.9. The van der Waals surface area contributed by atoms with Crippen LogP contribution in [0.4, 0.5) is 0 Å². The van der Waals surface area contributed by atoms with Crippen molar-refractivity contribution in [3.05, 3.63) is 66.2 Å². The van der Waals surface area contributed by atoms with Gasteiger partial charge in [-0.05, 0) is 80.5 Å². The van der Waals surface area contributed by atoms with Gasteiger partial charge in [-0.1, -0.05) is 6.42 Å². The quantitative estimate of drug-likeness (QED) is 0.254. The second kappa shape index (κ2) is 10.9. The number of methoxy groups -OCH3 is 2. The number of fused-ring (bicyclic) bond motifs is 1. The average molecular weight is 486 g/mol. The van der Waals surface area contributed by atoms with Crippen molar-refractivity contribution >= 4 is 17.3 Å². The summed E-state index contributed by atoms with van der Waals surface area (Å²) in [4.78, 5) is 14.6. The van der Waals surface area contributed by atoms with Crippen molar-refractivity contribution in [2.75, 3.05) is 40.5 Å². The lowest BCUT2D eigenvalue weighted by Gasteiger charge is -2.26. The minimum absolute atomic E-state index is 0.576. The van der Waals surface area contributed by atoms with E-state index in [2.05, 4.69) is 4.90 Å². The molecule has 5 rings (SSSR count). The Morgan fingerprint density at radius 3 is 2.31 bits per heavy atom. The fraction of sp³-hybridized carbons (Fsp3) is 0.300. The molecule has 6 nitrogen and oxygen atoms in total. The number of ether oxygens (including phenoxy) is 3. The molecule has 1 aliphatic heterocycles. The highest BCUT2D eigenvalue weighted by molar-refractivity contribution is 6.05. The van der Waals surface area contributed by atoms with Crippen LogP contribution in [0.2, 0.25) is 0 Å². The van der Waals surface area contributed by atoms with E-state index in [0.717, 1.165) is 59.5 Å². The fourth-order valence-corrected chi connectivity index (χ4v) is 4.84. The van der Waals surface area contributed by atoms with E-state index in [0.29, 0.717) is 29.3 Å². The monoisotopic (exact) mass is 485 g/mol. The third-order valence-corrected chi connectivity index (χ3v) is 6.80. The molecule has 2 heterocycles. The number of hydrogen-bond donors (Lipinski definition) is 0. The Hall–Kier alpha value is -3.77. The Kier molecular flexibility index (Phi) is 7.23. The lowest BCUT2D eigenvalue weighted by Crippen LogP contribution is -2.33. The van der Waals surface area contributed by atoms with Crippen LogP contribution in [0.15, 0.2) is 65.1 Å². The third kappa shape index (κ3) is 4.95. The summed E-state index contributed by atoms with van der Waals surface area (Å²) in [5.41, 5.74) is 3.76. The van der Waals surface area contributed by atoms with Gasteiger partial charge in [0.15, 0.2) is 6.29 Å². The number of rotatable bonds is 9. The number of piperidine rings is 1. The zero-order valence-corrected chi connectivity index (χ0v) is 20.8. The van der Waals surface area contributed by atoms with Crippen molar-refractivity contribution in [1.29, 1.82) is 0 Å². The molecule has 6 heteroatoms. The zero-order valence-electron chi connectivity index (χ0n) is 20.8. The Morgan fingerprint density at radius 1 is 0.861 bits per heavy atom. The molecule has 0 unspecified atom stereocenters. The van der Waals surface area contributed by atoms with Crippen LogP contribution in [-0.4, -0.2) is 51.6 Å². The minimum Gasteiger partial charge on any atom is -0.497 e. The van der Waals surface area contributed by atoms with Crippen LogP contribution in [0.5, 0.6) is 17.2 Å². The highest BCUT2D eigenvalue weighted by Gasteiger charge is 2.21. The maximum atomic E-state index is 12.1. The molecule has 0 aliphatic carbocycles. The molecule has 0 N–H and O–H groups in total. The van der Waals surface area contributed by atoms with E-state index in [1.807, 2.05) is 60.7 Å². The van der Waals surface area contributed by atoms with Gasteiger partial charge in [0.05, 0.1) is 14.2 Å². The summed E-state index contributed by atoms with van der Waals surface area (Å²) in [5, 5.41) is 0.898. The number of furan rings is 1. The first-order valence-electron chi connectivity index (χ1n) is 12.4. The van der Waals surface area contributed by atoms with Crippen molar-refractivity contribution in [2.45, 2.75) is 19.3 Å². The lowest BCUT2D eigenvalue weighted by atomic mass is 9.94. The molecule has 4 aromatic rings. The Labute approximate surface area is 211 Å². The molecule has 1 aliphatic rings. The van der Waals surface area contributed by atoms with Crippen LogP contribution in [0.3, 0.4) is 0 Å². The van der Waals surface area contributed by atoms with Gasteiger partial charge in [0.1, 0.15) is 35.2 Å². The van der Waals surface area contributed by atoms with Crippen LogP contribution in [0.25, 0.3) is 33.4 Å². The van der Waals surface area contributed by atoms with E-state index >= 15 is 0 Å². The van der Waals surface area contributed by atoms with Crippen LogP contribution in [0, 0.1) is 0 Å². The maximum absolute atomic E-state index is 12.1. The topological polar surface area (TPSA) is 61.1 Å². The van der Waals surface area contributed by atoms with Gasteiger partial charge in [0.25, 0.3) is 0 Å². The summed E-state index contributed by atoms with van der Waals surface area (Å²) < 4.78 is 23.3. The first-order valence-corrected chi connectivity index (χ1v) is 12.4. The summed E-state index contributed by atoms with van der Waals surface area (Å²) in [6.07, 6.45) is 4.71. The van der Waals surface area contributed by atoms with Gasteiger partial charge >= 0.3 is 0 Å². The first-order chi connectivity index (χ1) is 17.7. The largest absolute Gasteiger partial charge is 0.497 e. The fourth-order valence-electron chi connectivity index (χ4n) is 4.84. The molecule has 36 heavy (non-hydrogen) atoms. The SMILES string of the molecule is COc1ccc(-c2oc3cc(OC)ccc3c2-c2cc(OCCN3CCCCC3)ccc2C=O)cc1. The van der Waals surface area contributed by atoms with Gasteiger partial charge in [-0.25, -0.2) is 0 Å². The van der Waals surface area contributed by atoms with Gasteiger partial charge in [-0.2, -0.15) is 0 Å². The van der Waals surface area contributed by atoms with Crippen molar-refractivity contribution in [1.82, 2.24) is 4.90 Å². The predicted molar refractivity (Wildman–Crippen MR) is 141 cm³/mol. The molecule has 0 radical (unpaired) electrons. The van der Waals surface area contributed by atoms with Gasteiger partial charge in [0, 0.05) is 40.3 Å². The molecule has 1 saturated heterocycles. The van der Waals surface area contributed by atoms with Crippen LogP contribution in [-0.2, 0) is 0 Å². The summed E-state index contributed by atoms with van der Waals surface area (Å²) in [6, 6.07) is 19.1. The summed E-state index contributed by atoms with van der Waals surface area (Å²) in [5.74, 6) is 2.87. The molecule has 0 amide bonds. The van der Waals surface area contributed by atoms with Crippen molar-refractivity contribution in [3.63, 3.8) is 0 Å². The molecule has 0 bridgehead atoms. The molecule has 3 aromatic carbocycles. The van der Waals surface area contributed by atoms with Gasteiger partial charge in [0.2, 0.25) is 0 Å². The van der Waals surface area contributed by atoms with Crippen molar-refractivity contribution in [3.8, 4) is 39.7 Å². The smallest absolute Gasteiger partial charge is 0.150 e. The number of aldehydes is 1. The van der Waals surface area contributed by atoms with Crippen LogP contribution >= 0.6 is 0 Å². The van der Waals surface area contributed by atoms with E-state index in [-0.39, 0.29) is 0 Å². The standard InChI is InChI=1S/C30H31NO5/c1-33-23-9-6-21(7-10-23)30-29(26-13-12-24(34-2)19-28(26)36-30)27-18-25(11-8-22(27)20-32)35-17-16-31-14-4-3-5-15-31/h6-13,18-20H,3-5,14-17H2,1-2H3. The van der Waals surface area contributed by atoms with Gasteiger partial charge in [-0.15, -0.1) is 0 Å². The maximum Gasteiger partial charge on any atom is 0.150 e. The molecule has 1 fully saturated rings. The van der Waals surface area contributed by atoms with E-state index in [9.17, 15) is 4.79 Å². The molecule has 1 aromatic heterocycles. The number of likely N-dealkylation sites (tertiary alicyclic amines) is 1. The van der Waals surface area contributed by atoms with Crippen molar-refractivity contribution < 1.29 is 23.4 Å². The van der Waals surface area contributed by atoms with Crippen molar-refractivity contribution in [2.24, 2.45) is 0 Å². The molecular weight excluding hydrogens is 454 g/mol. The van der Waals surface area contributed by atoms with Gasteiger partial charge < -0.3 is 18.6 Å². The molecule has 0 spiro atoms. The molecular formula is C30H31NO5. The number of nitrogens with zero attached hydrogens (tertiary/aromatic N) is 1. The number of carbonyl (C=O) groups excluding carboxylic acids is 1. The Balaban J connectivity index is 1.55. The normalized spacial score (nSPS) is 14.1. The minimum atomic E-state index is 0.576. The predicted octanol–water partition coefficient (Wildman–Crippen LogP) is 6.46. The van der Waals surface area contributed by atoms with Crippen LogP contribution in [0.1, 0.15) is 29.6 Å². The molecule has 186 valence electrons. The molecule has 0 saturated carbocycles. The number of benzene rings is 3. The summed E-state index contributed by atoms with van der Waals surface area (Å²) in [7, 11) is 3.27. The summed E-state index contributed by atoms with van der Waals surface area (Å²) >= 11 is 0. The van der Waals surface area contributed by atoms with E-state index < -0.39 is 0 Å². The summed E-state index contributed by atoms with van der Waals surface area (Å²) in [6.45, 7) is 3.77. The number of hydrogen-bond acceptors (Lipinski definition) is 6. The van der Waals surface area contributed by atoms with Crippen LogP contribution < -0.4 is 14.2 Å². The van der Waals surface area contributed by atoms with E-state index in [1.54, 1.807) is 14.2 Å². The average Bonchev–Trinajstić information content (AvgIpc) is 3.32. The Bertz CT molecular complexity index is 1340. The Morgan fingerprint density at radius 2 is 1.58 bits per heavy atom. The second-order valence-corrected chi connectivity index (χ2v) is 9.01.